The maximum atomic E-state index is 12.5. The number of likely N-dealkylation sites (tertiary alicyclic amines) is 1. The van der Waals surface area contributed by atoms with Gasteiger partial charge in [0.25, 0.3) is 0 Å². The zero-order chi connectivity index (χ0) is 16.3. The van der Waals surface area contributed by atoms with E-state index < -0.39 is 11.5 Å². The maximum Gasteiger partial charge on any atom is 0.329 e. The molecule has 0 aromatic heterocycles. The van der Waals surface area contributed by atoms with Gasteiger partial charge < -0.3 is 14.7 Å². The normalized spacial score (nSPS) is 21.2. The molecule has 1 saturated heterocycles. The van der Waals surface area contributed by atoms with E-state index in [-0.39, 0.29) is 18.4 Å². The fourth-order valence-electron chi connectivity index (χ4n) is 2.86. The highest BCUT2D eigenvalue weighted by molar-refractivity contribution is 5.88. The van der Waals surface area contributed by atoms with E-state index >= 15 is 0 Å². The number of carboxylic acids is 1. The van der Waals surface area contributed by atoms with Gasteiger partial charge in [-0.25, -0.2) is 4.79 Å². The standard InChI is InChI=1S/C17H23NO4/c1-12(2)22-14-7-4-6-13(10-14)11-15(19)18-9-5-8-17(18,3)16(20)21/h4,6-7,10,12H,5,8-9,11H2,1-3H3,(H,20,21). The van der Waals surface area contributed by atoms with Crippen LogP contribution in [-0.4, -0.2) is 40.1 Å². The predicted octanol–water partition coefficient (Wildman–Crippen LogP) is 2.48. The van der Waals surface area contributed by atoms with Crippen molar-refractivity contribution in [2.24, 2.45) is 0 Å². The van der Waals surface area contributed by atoms with E-state index in [1.807, 2.05) is 38.1 Å². The van der Waals surface area contributed by atoms with Crippen LogP contribution in [0.15, 0.2) is 24.3 Å². The quantitative estimate of drug-likeness (QED) is 0.907. The number of carbonyl (C=O) groups excluding carboxylic acids is 1. The molecule has 1 aromatic rings. The molecule has 1 amide bonds. The second kappa shape index (κ2) is 6.38. The van der Waals surface area contributed by atoms with Crippen molar-refractivity contribution in [3.63, 3.8) is 0 Å². The second-order valence-electron chi connectivity index (χ2n) is 6.22. The van der Waals surface area contributed by atoms with Crippen LogP contribution in [0.2, 0.25) is 0 Å². The van der Waals surface area contributed by atoms with Crippen LogP contribution in [0.1, 0.15) is 39.2 Å². The molecule has 2 rings (SSSR count). The van der Waals surface area contributed by atoms with Crippen LogP contribution in [0.5, 0.6) is 5.75 Å². The number of rotatable bonds is 5. The van der Waals surface area contributed by atoms with Crippen LogP contribution in [0, 0.1) is 0 Å². The summed E-state index contributed by atoms with van der Waals surface area (Å²) in [6.45, 7) is 6.02. The van der Waals surface area contributed by atoms with Crippen molar-refractivity contribution in [3.8, 4) is 5.75 Å². The van der Waals surface area contributed by atoms with E-state index in [9.17, 15) is 14.7 Å². The Morgan fingerprint density at radius 2 is 2.14 bits per heavy atom. The molecule has 0 spiro atoms. The van der Waals surface area contributed by atoms with Gasteiger partial charge in [0.15, 0.2) is 0 Å². The number of aliphatic carboxylic acids is 1. The molecule has 1 aliphatic heterocycles. The zero-order valence-electron chi connectivity index (χ0n) is 13.3. The molecule has 1 aliphatic rings. The number of ether oxygens (including phenoxy) is 1. The van der Waals surface area contributed by atoms with E-state index in [2.05, 4.69) is 0 Å². The lowest BCUT2D eigenvalue weighted by molar-refractivity contribution is -0.155. The second-order valence-corrected chi connectivity index (χ2v) is 6.22. The number of hydrogen-bond acceptors (Lipinski definition) is 3. The summed E-state index contributed by atoms with van der Waals surface area (Å²) >= 11 is 0. The minimum absolute atomic E-state index is 0.0693. The molecule has 0 bridgehead atoms. The molecular formula is C17H23NO4. The molecule has 1 N–H and O–H groups in total. The lowest BCUT2D eigenvalue weighted by Gasteiger charge is -2.31. The fraction of sp³-hybridized carbons (Fsp3) is 0.529. The molecular weight excluding hydrogens is 282 g/mol. The number of hydrogen-bond donors (Lipinski definition) is 1. The summed E-state index contributed by atoms with van der Waals surface area (Å²) in [7, 11) is 0. The summed E-state index contributed by atoms with van der Waals surface area (Å²) in [5.74, 6) is -0.359. The average Bonchev–Trinajstić information content (AvgIpc) is 2.82. The summed E-state index contributed by atoms with van der Waals surface area (Å²) in [6, 6.07) is 7.40. The molecule has 0 aliphatic carbocycles. The first-order valence-electron chi connectivity index (χ1n) is 7.62. The van der Waals surface area contributed by atoms with Gasteiger partial charge in [-0.3, -0.25) is 4.79 Å². The molecule has 1 heterocycles. The van der Waals surface area contributed by atoms with Crippen molar-refractivity contribution in [1.29, 1.82) is 0 Å². The van der Waals surface area contributed by atoms with E-state index in [0.29, 0.717) is 13.0 Å². The Morgan fingerprint density at radius 3 is 2.77 bits per heavy atom. The fourth-order valence-corrected chi connectivity index (χ4v) is 2.86. The summed E-state index contributed by atoms with van der Waals surface area (Å²) in [5.41, 5.74) is -0.244. The number of nitrogens with zero attached hydrogens (tertiary/aromatic N) is 1. The maximum absolute atomic E-state index is 12.5. The van der Waals surface area contributed by atoms with Gasteiger partial charge in [0.05, 0.1) is 12.5 Å². The van der Waals surface area contributed by atoms with Crippen LogP contribution >= 0.6 is 0 Å². The van der Waals surface area contributed by atoms with Crippen LogP contribution in [-0.2, 0) is 16.0 Å². The van der Waals surface area contributed by atoms with Crippen LogP contribution in [0.25, 0.3) is 0 Å². The Balaban J connectivity index is 2.10. The van der Waals surface area contributed by atoms with Crippen molar-refractivity contribution in [2.75, 3.05) is 6.54 Å². The first kappa shape index (κ1) is 16.3. The lowest BCUT2D eigenvalue weighted by Crippen LogP contribution is -2.51. The number of benzene rings is 1. The number of carboxylic acid groups (broad SMARTS) is 1. The number of carbonyl (C=O) groups is 2. The third-order valence-electron chi connectivity index (χ3n) is 4.03. The molecule has 5 nitrogen and oxygen atoms in total. The Labute approximate surface area is 130 Å². The summed E-state index contributed by atoms with van der Waals surface area (Å²) in [5, 5.41) is 9.39. The predicted molar refractivity (Wildman–Crippen MR) is 82.9 cm³/mol. The van der Waals surface area contributed by atoms with Gasteiger partial charge in [-0.05, 0) is 51.3 Å². The van der Waals surface area contributed by atoms with Gasteiger partial charge in [-0.2, -0.15) is 0 Å². The molecule has 5 heteroatoms. The number of amides is 1. The molecule has 1 aromatic carbocycles. The monoisotopic (exact) mass is 305 g/mol. The van der Waals surface area contributed by atoms with Gasteiger partial charge in [0, 0.05) is 6.54 Å². The van der Waals surface area contributed by atoms with E-state index in [1.165, 1.54) is 4.90 Å². The van der Waals surface area contributed by atoms with Gasteiger partial charge in [0.2, 0.25) is 5.91 Å². The van der Waals surface area contributed by atoms with Crippen LogP contribution in [0.4, 0.5) is 0 Å². The minimum atomic E-state index is -1.08. The van der Waals surface area contributed by atoms with Crippen LogP contribution < -0.4 is 4.74 Å². The zero-order valence-corrected chi connectivity index (χ0v) is 13.3. The van der Waals surface area contributed by atoms with Crippen molar-refractivity contribution >= 4 is 11.9 Å². The first-order chi connectivity index (χ1) is 10.3. The Kier molecular flexibility index (Phi) is 4.74. The van der Waals surface area contributed by atoms with Gasteiger partial charge in [0.1, 0.15) is 11.3 Å². The highest BCUT2D eigenvalue weighted by Gasteiger charge is 2.45. The molecule has 1 unspecified atom stereocenters. The summed E-state index contributed by atoms with van der Waals surface area (Å²) in [4.78, 5) is 25.4. The molecule has 1 fully saturated rings. The Bertz CT molecular complexity index is 570. The van der Waals surface area contributed by atoms with Gasteiger partial charge in [-0.15, -0.1) is 0 Å². The molecule has 22 heavy (non-hydrogen) atoms. The van der Waals surface area contributed by atoms with E-state index in [4.69, 9.17) is 4.74 Å². The van der Waals surface area contributed by atoms with Gasteiger partial charge in [-0.1, -0.05) is 12.1 Å². The van der Waals surface area contributed by atoms with Crippen molar-refractivity contribution in [1.82, 2.24) is 4.90 Å². The Hall–Kier alpha value is -2.04. The minimum Gasteiger partial charge on any atom is -0.491 e. The Morgan fingerprint density at radius 1 is 1.41 bits per heavy atom. The third kappa shape index (κ3) is 3.40. The van der Waals surface area contributed by atoms with Crippen molar-refractivity contribution in [3.05, 3.63) is 29.8 Å². The summed E-state index contributed by atoms with van der Waals surface area (Å²) in [6.07, 6.45) is 1.49. The lowest BCUT2D eigenvalue weighted by atomic mass is 9.98. The molecule has 1 atom stereocenters. The molecule has 0 radical (unpaired) electrons. The van der Waals surface area contributed by atoms with E-state index in [1.54, 1.807) is 6.92 Å². The SMILES string of the molecule is CC(C)Oc1cccc(CC(=O)N2CCCC2(C)C(=O)O)c1. The highest BCUT2D eigenvalue weighted by Crippen LogP contribution is 2.30. The van der Waals surface area contributed by atoms with E-state index in [0.717, 1.165) is 17.7 Å². The van der Waals surface area contributed by atoms with Crippen LogP contribution in [0.3, 0.4) is 0 Å². The topological polar surface area (TPSA) is 66.8 Å². The van der Waals surface area contributed by atoms with Gasteiger partial charge >= 0.3 is 5.97 Å². The average molecular weight is 305 g/mol. The molecule has 0 saturated carbocycles. The third-order valence-corrected chi connectivity index (χ3v) is 4.03. The highest BCUT2D eigenvalue weighted by atomic mass is 16.5. The van der Waals surface area contributed by atoms with Crippen molar-refractivity contribution in [2.45, 2.75) is 51.7 Å². The molecule has 120 valence electrons. The van der Waals surface area contributed by atoms with Crippen molar-refractivity contribution < 1.29 is 19.4 Å². The first-order valence-corrected chi connectivity index (χ1v) is 7.62. The summed E-state index contributed by atoms with van der Waals surface area (Å²) < 4.78 is 5.62. The smallest absolute Gasteiger partial charge is 0.329 e. The largest absolute Gasteiger partial charge is 0.491 e.